The Kier molecular flexibility index (Phi) is 21.6. The van der Waals surface area contributed by atoms with Gasteiger partial charge in [-0.2, -0.15) is 0 Å². The highest BCUT2D eigenvalue weighted by Gasteiger charge is 2.18. The molecule has 0 bridgehead atoms. The number of aromatic amines is 1. The summed E-state index contributed by atoms with van der Waals surface area (Å²) in [5.41, 5.74) is 2.05. The van der Waals surface area contributed by atoms with Crippen LogP contribution in [0.2, 0.25) is 5.02 Å². The van der Waals surface area contributed by atoms with Gasteiger partial charge in [-0.25, -0.2) is 4.98 Å². The number of aliphatic carboxylic acids is 1. The summed E-state index contributed by atoms with van der Waals surface area (Å²) >= 11 is 5.96. The van der Waals surface area contributed by atoms with E-state index in [9.17, 15) is 4.79 Å². The Morgan fingerprint density at radius 2 is 1.78 bits per heavy atom. The molecule has 1 unspecified atom stereocenters. The van der Waals surface area contributed by atoms with Crippen molar-refractivity contribution in [2.24, 2.45) is 5.92 Å². The molecular formula is C25H47ClN4O2. The third-order valence-electron chi connectivity index (χ3n) is 4.77. The molecule has 1 aromatic carbocycles. The predicted molar refractivity (Wildman–Crippen MR) is 140 cm³/mol. The summed E-state index contributed by atoms with van der Waals surface area (Å²) in [7, 11) is 1.83. The van der Waals surface area contributed by atoms with E-state index in [-0.39, 0.29) is 5.92 Å². The van der Waals surface area contributed by atoms with Gasteiger partial charge in [0.1, 0.15) is 5.82 Å². The molecule has 1 saturated heterocycles. The second kappa shape index (κ2) is 21.2. The number of aromatic nitrogens is 2. The maximum atomic E-state index is 10.4. The van der Waals surface area contributed by atoms with Crippen LogP contribution in [-0.4, -0.2) is 47.7 Å². The molecule has 3 rings (SSSR count). The molecule has 1 aliphatic rings. The number of fused-ring (bicyclic) bond motifs is 1. The fraction of sp³-hybridized carbons (Fsp3) is 0.680. The number of H-pyrrole nitrogens is 1. The number of carboxylic acid groups (broad SMARTS) is 1. The molecule has 32 heavy (non-hydrogen) atoms. The van der Waals surface area contributed by atoms with Gasteiger partial charge in [-0.05, 0) is 70.6 Å². The Morgan fingerprint density at radius 3 is 2.28 bits per heavy atom. The van der Waals surface area contributed by atoms with Crippen LogP contribution in [0, 0.1) is 5.92 Å². The van der Waals surface area contributed by atoms with E-state index >= 15 is 0 Å². The molecule has 4 N–H and O–H groups in total. The van der Waals surface area contributed by atoms with Crippen LogP contribution in [0.5, 0.6) is 0 Å². The van der Waals surface area contributed by atoms with Crippen molar-refractivity contribution in [3.05, 3.63) is 29.0 Å². The van der Waals surface area contributed by atoms with Crippen LogP contribution in [0.4, 0.5) is 0 Å². The zero-order valence-corrected chi connectivity index (χ0v) is 22.3. The fourth-order valence-electron chi connectivity index (χ4n) is 3.11. The molecule has 1 aromatic heterocycles. The minimum absolute atomic E-state index is 0.174. The maximum absolute atomic E-state index is 10.4. The molecule has 2 aromatic rings. The maximum Gasteiger partial charge on any atom is 0.306 e. The smallest absolute Gasteiger partial charge is 0.306 e. The molecular weight excluding hydrogens is 424 g/mol. The van der Waals surface area contributed by atoms with E-state index in [0.717, 1.165) is 67.2 Å². The van der Waals surface area contributed by atoms with Gasteiger partial charge in [0.05, 0.1) is 17.0 Å². The van der Waals surface area contributed by atoms with Gasteiger partial charge < -0.3 is 20.7 Å². The highest BCUT2D eigenvalue weighted by atomic mass is 35.5. The van der Waals surface area contributed by atoms with Crippen molar-refractivity contribution < 1.29 is 9.90 Å². The lowest BCUT2D eigenvalue weighted by Gasteiger charge is -2.20. The highest BCUT2D eigenvalue weighted by molar-refractivity contribution is 6.31. The van der Waals surface area contributed by atoms with Gasteiger partial charge >= 0.3 is 5.97 Å². The van der Waals surface area contributed by atoms with E-state index in [4.69, 9.17) is 16.7 Å². The minimum atomic E-state index is -0.683. The molecule has 2 heterocycles. The van der Waals surface area contributed by atoms with E-state index in [1.807, 2.05) is 73.7 Å². The van der Waals surface area contributed by atoms with Gasteiger partial charge in [0.2, 0.25) is 0 Å². The van der Waals surface area contributed by atoms with E-state index in [2.05, 4.69) is 20.6 Å². The lowest BCUT2D eigenvalue weighted by molar-refractivity contribution is -0.142. The molecule has 6 nitrogen and oxygen atoms in total. The second-order valence-corrected chi connectivity index (χ2v) is 7.08. The molecule has 1 fully saturated rings. The van der Waals surface area contributed by atoms with E-state index in [1.165, 1.54) is 0 Å². The van der Waals surface area contributed by atoms with Crippen molar-refractivity contribution in [1.29, 1.82) is 0 Å². The van der Waals surface area contributed by atoms with E-state index < -0.39 is 5.97 Å². The standard InChI is InChI=1S/C12H14ClN3.C7H15NO2.3C2H6/c13-9-1-2-10-11(7-9)16-12(15-10)8-3-5-14-6-4-8;1-3-6(7(9)10)4-5-8-2;3*1-2/h1-2,7-8,14H,3-6H2,(H,15,16);6,8H,3-5H2,1-2H3,(H,9,10);3*1-2H3. The Balaban J connectivity index is 0. The number of nitrogens with zero attached hydrogens (tertiary/aromatic N) is 1. The normalized spacial score (nSPS) is 13.7. The number of piperidine rings is 1. The number of nitrogens with one attached hydrogen (secondary N) is 3. The molecule has 0 amide bonds. The van der Waals surface area contributed by atoms with Crippen LogP contribution in [0.15, 0.2) is 18.2 Å². The van der Waals surface area contributed by atoms with Crippen molar-refractivity contribution in [3.8, 4) is 0 Å². The van der Waals surface area contributed by atoms with Gasteiger partial charge in [-0.3, -0.25) is 4.79 Å². The summed E-state index contributed by atoms with van der Waals surface area (Å²) in [5.74, 6) is 0.816. The summed E-state index contributed by atoms with van der Waals surface area (Å²) < 4.78 is 0. The SMILES string of the molecule is CC.CC.CC.CCC(CCNC)C(=O)O.Clc1ccc2nc(C3CCNCC3)[nH]c2c1. The monoisotopic (exact) mass is 470 g/mol. The number of rotatable bonds is 6. The Labute approximate surface area is 200 Å². The number of carboxylic acids is 1. The van der Waals surface area contributed by atoms with Gasteiger partial charge in [0, 0.05) is 10.9 Å². The zero-order chi connectivity index (χ0) is 24.9. The van der Waals surface area contributed by atoms with E-state index in [0.29, 0.717) is 5.92 Å². The topological polar surface area (TPSA) is 90.0 Å². The third kappa shape index (κ3) is 12.4. The van der Waals surface area contributed by atoms with Crippen LogP contribution in [0.1, 0.15) is 85.9 Å². The molecule has 0 saturated carbocycles. The van der Waals surface area contributed by atoms with Gasteiger partial charge in [0.15, 0.2) is 0 Å². The Bertz CT molecular complexity index is 700. The first-order valence-electron chi connectivity index (χ1n) is 12.3. The molecule has 1 aliphatic heterocycles. The van der Waals surface area contributed by atoms with Crippen molar-refractivity contribution in [3.63, 3.8) is 0 Å². The summed E-state index contributed by atoms with van der Waals surface area (Å²) in [5, 5.41) is 15.6. The number of benzene rings is 1. The number of carbonyl (C=O) groups is 1. The molecule has 0 radical (unpaired) electrons. The highest BCUT2D eigenvalue weighted by Crippen LogP contribution is 2.26. The first kappa shape index (κ1) is 32.5. The van der Waals surface area contributed by atoms with Gasteiger partial charge in [-0.15, -0.1) is 0 Å². The van der Waals surface area contributed by atoms with Crippen molar-refractivity contribution in [2.45, 2.75) is 80.1 Å². The summed E-state index contributed by atoms with van der Waals surface area (Å²) in [4.78, 5) is 18.4. The molecule has 0 aliphatic carbocycles. The van der Waals surface area contributed by atoms with E-state index in [1.54, 1.807) is 0 Å². The Hall–Kier alpha value is -1.63. The lowest BCUT2D eigenvalue weighted by Crippen LogP contribution is -2.27. The summed E-state index contributed by atoms with van der Waals surface area (Å²) in [6.45, 7) is 16.9. The number of hydrogen-bond acceptors (Lipinski definition) is 4. The molecule has 186 valence electrons. The number of halogens is 1. The van der Waals surface area contributed by atoms with Crippen LogP contribution in [0.3, 0.4) is 0 Å². The lowest BCUT2D eigenvalue weighted by atomic mass is 9.98. The Morgan fingerprint density at radius 1 is 1.19 bits per heavy atom. The summed E-state index contributed by atoms with van der Waals surface area (Å²) in [6, 6.07) is 5.80. The average Bonchev–Trinajstić information content (AvgIpc) is 3.27. The number of hydrogen-bond donors (Lipinski definition) is 4. The fourth-order valence-corrected chi connectivity index (χ4v) is 3.28. The van der Waals surface area contributed by atoms with Gasteiger partial charge in [0.25, 0.3) is 0 Å². The quantitative estimate of drug-likeness (QED) is 0.388. The molecule has 1 atom stereocenters. The number of imidazole rings is 1. The van der Waals surface area contributed by atoms with Crippen molar-refractivity contribution in [1.82, 2.24) is 20.6 Å². The summed E-state index contributed by atoms with van der Waals surface area (Å²) in [6.07, 6.45) is 3.76. The van der Waals surface area contributed by atoms with Crippen LogP contribution in [0.25, 0.3) is 11.0 Å². The molecule has 7 heteroatoms. The predicted octanol–water partition coefficient (Wildman–Crippen LogP) is 6.47. The van der Waals surface area contributed by atoms with Crippen molar-refractivity contribution in [2.75, 3.05) is 26.7 Å². The van der Waals surface area contributed by atoms with Crippen LogP contribution in [-0.2, 0) is 4.79 Å². The minimum Gasteiger partial charge on any atom is -0.481 e. The first-order chi connectivity index (χ1) is 15.5. The first-order valence-corrected chi connectivity index (χ1v) is 12.7. The van der Waals surface area contributed by atoms with Crippen molar-refractivity contribution >= 4 is 28.6 Å². The average molecular weight is 471 g/mol. The van der Waals surface area contributed by atoms with Crippen LogP contribution < -0.4 is 10.6 Å². The second-order valence-electron chi connectivity index (χ2n) is 6.64. The largest absolute Gasteiger partial charge is 0.481 e. The zero-order valence-electron chi connectivity index (χ0n) is 21.5. The molecule has 0 spiro atoms. The third-order valence-corrected chi connectivity index (χ3v) is 5.01. The van der Waals surface area contributed by atoms with Crippen LogP contribution >= 0.6 is 11.6 Å². The van der Waals surface area contributed by atoms with Gasteiger partial charge in [-0.1, -0.05) is 60.1 Å².